The molecule has 108 valence electrons. The van der Waals surface area contributed by atoms with Crippen molar-refractivity contribution in [1.82, 2.24) is 15.1 Å². The van der Waals surface area contributed by atoms with E-state index in [1.165, 1.54) is 11.1 Å². The Morgan fingerprint density at radius 1 is 1.15 bits per heavy atom. The average molecular weight is 271 g/mol. The number of benzene rings is 1. The summed E-state index contributed by atoms with van der Waals surface area (Å²) in [6.07, 6.45) is 6.40. The molecule has 0 spiro atoms. The van der Waals surface area contributed by atoms with Crippen molar-refractivity contribution in [2.75, 3.05) is 7.05 Å². The Morgan fingerprint density at radius 2 is 1.90 bits per heavy atom. The highest BCUT2D eigenvalue weighted by Gasteiger charge is 2.23. The Bertz CT molecular complexity index is 504. The van der Waals surface area contributed by atoms with Crippen molar-refractivity contribution in [3.8, 4) is 0 Å². The van der Waals surface area contributed by atoms with Crippen LogP contribution in [0.5, 0.6) is 0 Å². The Labute approximate surface area is 122 Å². The second-order valence-electron chi connectivity index (χ2n) is 5.23. The fourth-order valence-corrected chi connectivity index (χ4v) is 2.86. The van der Waals surface area contributed by atoms with Crippen LogP contribution in [0.1, 0.15) is 49.8 Å². The molecule has 0 saturated carbocycles. The van der Waals surface area contributed by atoms with Gasteiger partial charge in [0.2, 0.25) is 0 Å². The molecular formula is C17H25N3. The fraction of sp³-hybridized carbons (Fsp3) is 0.471. The van der Waals surface area contributed by atoms with Crippen LogP contribution >= 0.6 is 0 Å². The largest absolute Gasteiger partial charge is 0.312 e. The lowest BCUT2D eigenvalue weighted by atomic mass is 9.86. The van der Waals surface area contributed by atoms with Gasteiger partial charge in [0.05, 0.1) is 6.20 Å². The van der Waals surface area contributed by atoms with E-state index in [2.05, 4.69) is 60.8 Å². The number of aromatic nitrogens is 2. The average Bonchev–Trinajstić information content (AvgIpc) is 2.94. The van der Waals surface area contributed by atoms with Gasteiger partial charge in [-0.25, -0.2) is 0 Å². The SMILES string of the molecule is CCCn1cc(C(NC)C(CC)c2ccccc2)cn1. The van der Waals surface area contributed by atoms with Gasteiger partial charge in [0.25, 0.3) is 0 Å². The number of nitrogens with zero attached hydrogens (tertiary/aromatic N) is 2. The number of hydrogen-bond acceptors (Lipinski definition) is 2. The summed E-state index contributed by atoms with van der Waals surface area (Å²) in [4.78, 5) is 0. The summed E-state index contributed by atoms with van der Waals surface area (Å²) in [5, 5.41) is 7.93. The fourth-order valence-electron chi connectivity index (χ4n) is 2.86. The first-order valence-electron chi connectivity index (χ1n) is 7.54. The molecule has 0 aliphatic carbocycles. The van der Waals surface area contributed by atoms with Gasteiger partial charge in [-0.3, -0.25) is 4.68 Å². The molecular weight excluding hydrogens is 246 g/mol. The number of likely N-dealkylation sites (N-methyl/N-ethyl adjacent to an activating group) is 1. The molecule has 3 heteroatoms. The van der Waals surface area contributed by atoms with Gasteiger partial charge in [0.1, 0.15) is 0 Å². The molecule has 1 N–H and O–H groups in total. The Morgan fingerprint density at radius 3 is 2.50 bits per heavy atom. The van der Waals surface area contributed by atoms with Gasteiger partial charge in [-0.15, -0.1) is 0 Å². The summed E-state index contributed by atoms with van der Waals surface area (Å²) >= 11 is 0. The summed E-state index contributed by atoms with van der Waals surface area (Å²) in [6.45, 7) is 5.41. The maximum absolute atomic E-state index is 4.46. The molecule has 1 heterocycles. The Hall–Kier alpha value is -1.61. The van der Waals surface area contributed by atoms with Crippen LogP contribution < -0.4 is 5.32 Å². The minimum Gasteiger partial charge on any atom is -0.312 e. The number of rotatable bonds is 7. The van der Waals surface area contributed by atoms with Crippen LogP contribution in [0.2, 0.25) is 0 Å². The third-order valence-corrected chi connectivity index (χ3v) is 3.85. The second-order valence-corrected chi connectivity index (χ2v) is 5.23. The summed E-state index contributed by atoms with van der Waals surface area (Å²) < 4.78 is 2.04. The third kappa shape index (κ3) is 3.28. The van der Waals surface area contributed by atoms with Crippen molar-refractivity contribution >= 4 is 0 Å². The van der Waals surface area contributed by atoms with E-state index in [1.807, 2.05) is 17.9 Å². The van der Waals surface area contributed by atoms with Crippen LogP contribution in [-0.2, 0) is 6.54 Å². The van der Waals surface area contributed by atoms with Crippen LogP contribution in [0.25, 0.3) is 0 Å². The van der Waals surface area contributed by atoms with E-state index < -0.39 is 0 Å². The van der Waals surface area contributed by atoms with Gasteiger partial charge < -0.3 is 5.32 Å². The van der Waals surface area contributed by atoms with Gasteiger partial charge in [0.15, 0.2) is 0 Å². The highest BCUT2D eigenvalue weighted by atomic mass is 15.3. The number of nitrogens with one attached hydrogen (secondary N) is 1. The molecule has 2 rings (SSSR count). The Kier molecular flexibility index (Phi) is 5.36. The van der Waals surface area contributed by atoms with E-state index in [-0.39, 0.29) is 0 Å². The predicted molar refractivity (Wildman–Crippen MR) is 83.8 cm³/mol. The van der Waals surface area contributed by atoms with E-state index >= 15 is 0 Å². The molecule has 0 amide bonds. The first-order valence-corrected chi connectivity index (χ1v) is 7.54. The van der Waals surface area contributed by atoms with Gasteiger partial charge in [0, 0.05) is 30.3 Å². The lowest BCUT2D eigenvalue weighted by molar-refractivity contribution is 0.467. The van der Waals surface area contributed by atoms with Crippen LogP contribution in [0.3, 0.4) is 0 Å². The van der Waals surface area contributed by atoms with E-state index in [1.54, 1.807) is 0 Å². The number of hydrogen-bond donors (Lipinski definition) is 1. The summed E-state index contributed by atoms with van der Waals surface area (Å²) in [5.74, 6) is 0.473. The van der Waals surface area contributed by atoms with Crippen LogP contribution in [0.15, 0.2) is 42.7 Å². The molecule has 0 radical (unpaired) electrons. The zero-order valence-electron chi connectivity index (χ0n) is 12.7. The third-order valence-electron chi connectivity index (χ3n) is 3.85. The molecule has 20 heavy (non-hydrogen) atoms. The molecule has 0 aliphatic rings. The molecule has 2 aromatic rings. The normalized spacial score (nSPS) is 14.2. The molecule has 1 aromatic heterocycles. The first kappa shape index (κ1) is 14.8. The van der Waals surface area contributed by atoms with Crippen LogP contribution in [-0.4, -0.2) is 16.8 Å². The van der Waals surface area contributed by atoms with Crippen LogP contribution in [0, 0.1) is 0 Å². The monoisotopic (exact) mass is 271 g/mol. The van der Waals surface area contributed by atoms with Crippen molar-refractivity contribution < 1.29 is 0 Å². The van der Waals surface area contributed by atoms with Crippen molar-refractivity contribution in [2.24, 2.45) is 0 Å². The van der Waals surface area contributed by atoms with Crippen molar-refractivity contribution in [2.45, 2.75) is 45.2 Å². The van der Waals surface area contributed by atoms with Crippen molar-refractivity contribution in [3.63, 3.8) is 0 Å². The predicted octanol–water partition coefficient (Wildman–Crippen LogP) is 3.75. The summed E-state index contributed by atoms with van der Waals surface area (Å²) in [7, 11) is 2.04. The van der Waals surface area contributed by atoms with Gasteiger partial charge >= 0.3 is 0 Å². The van der Waals surface area contributed by atoms with E-state index in [9.17, 15) is 0 Å². The van der Waals surface area contributed by atoms with E-state index in [0.717, 1.165) is 19.4 Å². The minimum atomic E-state index is 0.313. The minimum absolute atomic E-state index is 0.313. The highest BCUT2D eigenvalue weighted by molar-refractivity contribution is 5.25. The lowest BCUT2D eigenvalue weighted by Crippen LogP contribution is -2.23. The molecule has 0 bridgehead atoms. The molecule has 0 aliphatic heterocycles. The molecule has 0 saturated heterocycles. The van der Waals surface area contributed by atoms with Gasteiger partial charge in [-0.05, 0) is 25.5 Å². The van der Waals surface area contributed by atoms with Gasteiger partial charge in [-0.2, -0.15) is 5.10 Å². The smallest absolute Gasteiger partial charge is 0.0537 e. The Balaban J connectivity index is 2.24. The quantitative estimate of drug-likeness (QED) is 0.831. The van der Waals surface area contributed by atoms with E-state index in [0.29, 0.717) is 12.0 Å². The molecule has 2 unspecified atom stereocenters. The van der Waals surface area contributed by atoms with Gasteiger partial charge in [-0.1, -0.05) is 44.2 Å². The topological polar surface area (TPSA) is 29.9 Å². The molecule has 3 nitrogen and oxygen atoms in total. The van der Waals surface area contributed by atoms with Crippen molar-refractivity contribution in [1.29, 1.82) is 0 Å². The standard InChI is InChI=1S/C17H25N3/c1-4-11-20-13-15(12-19-20)17(18-3)16(5-2)14-9-7-6-8-10-14/h6-10,12-13,16-18H,4-5,11H2,1-3H3. The maximum Gasteiger partial charge on any atom is 0.0537 e. The second kappa shape index (κ2) is 7.25. The zero-order chi connectivity index (χ0) is 14.4. The van der Waals surface area contributed by atoms with E-state index in [4.69, 9.17) is 0 Å². The highest BCUT2D eigenvalue weighted by Crippen LogP contribution is 2.33. The summed E-state index contributed by atoms with van der Waals surface area (Å²) in [5.41, 5.74) is 2.66. The lowest BCUT2D eigenvalue weighted by Gasteiger charge is -2.25. The molecule has 0 fully saturated rings. The van der Waals surface area contributed by atoms with Crippen molar-refractivity contribution in [3.05, 3.63) is 53.9 Å². The molecule has 2 atom stereocenters. The first-order chi connectivity index (χ1) is 9.80. The number of aryl methyl sites for hydroxylation is 1. The summed E-state index contributed by atoms with van der Waals surface area (Å²) in [6, 6.07) is 11.1. The zero-order valence-corrected chi connectivity index (χ0v) is 12.7. The maximum atomic E-state index is 4.46. The van der Waals surface area contributed by atoms with Crippen LogP contribution in [0.4, 0.5) is 0 Å². The molecule has 1 aromatic carbocycles.